The third kappa shape index (κ3) is 2.93. The van der Waals surface area contributed by atoms with Crippen LogP contribution in [0.4, 0.5) is 0 Å². The molecule has 0 fully saturated rings. The number of nitrogens with zero attached hydrogens (tertiary/aromatic N) is 2. The van der Waals surface area contributed by atoms with Crippen molar-refractivity contribution in [2.45, 2.75) is 6.73 Å². The van der Waals surface area contributed by atoms with Gasteiger partial charge in [-0.25, -0.2) is 19.2 Å². The highest BCUT2D eigenvalue weighted by Crippen LogP contribution is 2.33. The van der Waals surface area contributed by atoms with E-state index in [4.69, 9.17) is 4.74 Å². The van der Waals surface area contributed by atoms with Crippen molar-refractivity contribution < 1.29 is 9.53 Å². The minimum Gasteiger partial charge on any atom is -0.360 e. The van der Waals surface area contributed by atoms with E-state index in [1.165, 1.54) is 12.1 Å². The molecule has 1 aromatic carbocycles. The smallest absolute Gasteiger partial charge is 0.268 e. The minimum atomic E-state index is -0.800. The average Bonchev–Trinajstić information content (AvgIpc) is 2.95. The number of hydrogen-bond acceptors (Lipinski definition) is 6. The van der Waals surface area contributed by atoms with Gasteiger partial charge in [0.2, 0.25) is 6.41 Å². The van der Waals surface area contributed by atoms with Gasteiger partial charge in [-0.3, -0.25) is 24.0 Å². The van der Waals surface area contributed by atoms with Crippen molar-refractivity contribution in [3.8, 4) is 0 Å². The Labute approximate surface area is 148 Å². The zero-order valence-corrected chi connectivity index (χ0v) is 15.4. The van der Waals surface area contributed by atoms with Gasteiger partial charge in [-0.1, -0.05) is 0 Å². The summed E-state index contributed by atoms with van der Waals surface area (Å²) in [4.78, 5) is 60.0. The van der Waals surface area contributed by atoms with Gasteiger partial charge in [-0.2, -0.15) is 0 Å². The molecule has 2 aromatic heterocycles. The van der Waals surface area contributed by atoms with Crippen molar-refractivity contribution in [3.63, 3.8) is 0 Å². The van der Waals surface area contributed by atoms with E-state index in [1.807, 2.05) is 0 Å². The Morgan fingerprint density at radius 1 is 0.885 bits per heavy atom. The summed E-state index contributed by atoms with van der Waals surface area (Å²) in [6.07, 6.45) is 6.53. The van der Waals surface area contributed by atoms with Crippen LogP contribution < -0.4 is 22.2 Å². The molecule has 9 heteroatoms. The summed E-state index contributed by atoms with van der Waals surface area (Å²) < 4.78 is 6.83. The standard InChI is InChI=1S/C17H18N2O6S/c1-26(2,3)5-4-25-9-19-16(23)12-6-10-11(7-13(12)17(19)24)15(22)18(8-20)14(10)21/h6-8H,4-5,9H2,1-3H3. The normalized spacial score (nSPS) is 12.9. The quantitative estimate of drug-likeness (QED) is 0.428. The van der Waals surface area contributed by atoms with Gasteiger partial charge >= 0.3 is 0 Å². The van der Waals surface area contributed by atoms with Crippen LogP contribution in [0.2, 0.25) is 0 Å². The number of carbonyl (C=O) groups excluding carboxylic acids is 1. The summed E-state index contributed by atoms with van der Waals surface area (Å²) >= 11 is 0. The summed E-state index contributed by atoms with van der Waals surface area (Å²) in [7, 11) is -0.749. The van der Waals surface area contributed by atoms with E-state index in [1.54, 1.807) is 0 Å². The summed E-state index contributed by atoms with van der Waals surface area (Å²) in [5, 5.41) is -0.0393. The van der Waals surface area contributed by atoms with E-state index in [-0.39, 0.29) is 34.7 Å². The third-order valence-electron chi connectivity index (χ3n) is 4.17. The zero-order valence-electron chi connectivity index (χ0n) is 14.6. The van der Waals surface area contributed by atoms with Gasteiger partial charge in [0.15, 0.2) is 0 Å². The average molecular weight is 378 g/mol. The molecule has 0 saturated carbocycles. The fourth-order valence-corrected chi connectivity index (χ4v) is 3.34. The second-order valence-electron chi connectivity index (χ2n) is 6.90. The van der Waals surface area contributed by atoms with E-state index in [2.05, 4.69) is 18.8 Å². The summed E-state index contributed by atoms with van der Waals surface area (Å²) in [5.74, 6) is 0.842. The van der Waals surface area contributed by atoms with Crippen LogP contribution in [-0.2, 0) is 16.3 Å². The summed E-state index contributed by atoms with van der Waals surface area (Å²) in [5.41, 5.74) is -2.77. The molecule has 0 aliphatic heterocycles. The van der Waals surface area contributed by atoms with Crippen molar-refractivity contribution in [2.24, 2.45) is 0 Å². The maximum atomic E-state index is 12.5. The predicted molar refractivity (Wildman–Crippen MR) is 103 cm³/mol. The van der Waals surface area contributed by atoms with Gasteiger partial charge in [0.05, 0.1) is 28.2 Å². The van der Waals surface area contributed by atoms with Crippen LogP contribution in [0, 0.1) is 0 Å². The second-order valence-corrected chi connectivity index (χ2v) is 11.5. The summed E-state index contributed by atoms with van der Waals surface area (Å²) in [6, 6.07) is 2.40. The number of benzene rings is 1. The molecule has 0 amide bonds. The largest absolute Gasteiger partial charge is 0.360 e. The Balaban J connectivity index is 2.07. The van der Waals surface area contributed by atoms with E-state index in [0.29, 0.717) is 11.2 Å². The van der Waals surface area contributed by atoms with Crippen LogP contribution >= 0.6 is 10.0 Å². The molecule has 0 bridgehead atoms. The Morgan fingerprint density at radius 3 is 1.77 bits per heavy atom. The number of rotatable bonds is 6. The molecule has 2 heterocycles. The number of fused-ring (bicyclic) bond motifs is 2. The second kappa shape index (κ2) is 6.33. The molecule has 0 N–H and O–H groups in total. The van der Waals surface area contributed by atoms with Crippen molar-refractivity contribution >= 4 is 38.0 Å². The van der Waals surface area contributed by atoms with Gasteiger partial charge in [-0.05, 0) is 30.9 Å². The van der Waals surface area contributed by atoms with Crippen LogP contribution in [0.1, 0.15) is 0 Å². The number of carbonyl (C=O) groups is 1. The lowest BCUT2D eigenvalue weighted by Crippen LogP contribution is -2.27. The van der Waals surface area contributed by atoms with Crippen molar-refractivity contribution in [1.29, 1.82) is 0 Å². The van der Waals surface area contributed by atoms with Crippen LogP contribution in [-0.4, -0.2) is 46.7 Å². The van der Waals surface area contributed by atoms with Gasteiger partial charge in [0.1, 0.15) is 6.73 Å². The molecule has 0 aliphatic carbocycles. The van der Waals surface area contributed by atoms with Crippen LogP contribution in [0.5, 0.6) is 0 Å². The molecule has 0 unspecified atom stereocenters. The molecular formula is C17H18N2O6S. The Kier molecular flexibility index (Phi) is 4.45. The molecule has 0 spiro atoms. The molecular weight excluding hydrogens is 360 g/mol. The highest BCUT2D eigenvalue weighted by molar-refractivity contribution is 8.32. The van der Waals surface area contributed by atoms with E-state index in [9.17, 15) is 24.0 Å². The Bertz CT molecular complexity index is 1140. The van der Waals surface area contributed by atoms with Gasteiger partial charge in [0, 0.05) is 5.75 Å². The van der Waals surface area contributed by atoms with Gasteiger partial charge in [-0.15, -0.1) is 0 Å². The first-order valence-electron chi connectivity index (χ1n) is 7.77. The summed E-state index contributed by atoms with van der Waals surface area (Å²) in [6.45, 7) is 0.239. The lowest BCUT2D eigenvalue weighted by Gasteiger charge is -2.24. The number of hydrogen-bond donors (Lipinski definition) is 0. The van der Waals surface area contributed by atoms with Crippen molar-refractivity contribution in [1.82, 2.24) is 9.13 Å². The molecule has 0 radical (unpaired) electrons. The molecule has 3 aromatic rings. The van der Waals surface area contributed by atoms with E-state index in [0.717, 1.165) is 10.3 Å². The third-order valence-corrected chi connectivity index (χ3v) is 5.56. The maximum Gasteiger partial charge on any atom is 0.268 e. The van der Waals surface area contributed by atoms with Gasteiger partial charge < -0.3 is 4.74 Å². The maximum absolute atomic E-state index is 12.5. The number of ether oxygens (including phenoxy) is 1. The molecule has 0 atom stereocenters. The highest BCUT2D eigenvalue weighted by Gasteiger charge is 2.19. The van der Waals surface area contributed by atoms with Crippen LogP contribution in [0.15, 0.2) is 31.3 Å². The van der Waals surface area contributed by atoms with Crippen molar-refractivity contribution in [3.05, 3.63) is 53.5 Å². The number of aromatic nitrogens is 2. The van der Waals surface area contributed by atoms with Gasteiger partial charge in [0.25, 0.3) is 22.2 Å². The fourth-order valence-electron chi connectivity index (χ4n) is 2.72. The molecule has 3 rings (SSSR count). The van der Waals surface area contributed by atoms with Crippen molar-refractivity contribution in [2.75, 3.05) is 31.1 Å². The Hall–Kier alpha value is -2.52. The SMILES string of the molecule is CS(C)(C)CCOCn1c(=O)c2cc3c(=O)n(C=O)c(=O)c3cc2c1=O. The van der Waals surface area contributed by atoms with E-state index >= 15 is 0 Å². The topological polar surface area (TPSA) is 104 Å². The van der Waals surface area contributed by atoms with E-state index < -0.39 is 32.3 Å². The zero-order chi connectivity index (χ0) is 19.2. The predicted octanol–water partition coefficient (Wildman–Crippen LogP) is -0.381. The first kappa shape index (κ1) is 18.3. The molecule has 8 nitrogen and oxygen atoms in total. The lowest BCUT2D eigenvalue weighted by molar-refractivity contribution is 0.0862. The molecule has 0 aliphatic rings. The first-order chi connectivity index (χ1) is 12.2. The monoisotopic (exact) mass is 378 g/mol. The van der Waals surface area contributed by atoms with Crippen LogP contribution in [0.25, 0.3) is 21.5 Å². The highest BCUT2D eigenvalue weighted by atomic mass is 32.3. The first-order valence-corrected chi connectivity index (χ1v) is 10.8. The molecule has 26 heavy (non-hydrogen) atoms. The lowest BCUT2D eigenvalue weighted by atomic mass is 10.1. The Morgan fingerprint density at radius 2 is 1.35 bits per heavy atom. The van der Waals surface area contributed by atoms with Crippen LogP contribution in [0.3, 0.4) is 0 Å². The molecule has 0 saturated heterocycles. The fraction of sp³-hybridized carbons (Fsp3) is 0.353. The molecule has 138 valence electrons. The minimum absolute atomic E-state index is 0.0349.